The summed E-state index contributed by atoms with van der Waals surface area (Å²) in [5.74, 6) is 0. The number of hydrogen-bond acceptors (Lipinski definition) is 1. The molecule has 56 valence electrons. The van der Waals surface area contributed by atoms with Gasteiger partial charge in [-0.1, -0.05) is 20.8 Å². The highest BCUT2D eigenvalue weighted by atomic mass is 28.1. The van der Waals surface area contributed by atoms with E-state index in [0.29, 0.717) is 12.0 Å². The SMILES string of the molecule is CC(C)(C)C([SiH3])CCO. The Morgan fingerprint density at radius 1 is 1.44 bits per heavy atom. The largest absolute Gasteiger partial charge is 0.396 e. The van der Waals surface area contributed by atoms with Crippen LogP contribution in [0.3, 0.4) is 0 Å². The lowest BCUT2D eigenvalue weighted by Crippen LogP contribution is -2.15. The van der Waals surface area contributed by atoms with E-state index < -0.39 is 0 Å². The minimum Gasteiger partial charge on any atom is -0.396 e. The highest BCUT2D eigenvalue weighted by Crippen LogP contribution is 2.30. The Morgan fingerprint density at radius 3 is 2.00 bits per heavy atom. The first-order valence-electron chi connectivity index (χ1n) is 3.59. The van der Waals surface area contributed by atoms with Gasteiger partial charge in [-0.15, -0.1) is 0 Å². The van der Waals surface area contributed by atoms with Crippen LogP contribution < -0.4 is 0 Å². The van der Waals surface area contributed by atoms with Crippen molar-refractivity contribution >= 4 is 10.2 Å². The third-order valence-corrected chi connectivity index (χ3v) is 4.35. The summed E-state index contributed by atoms with van der Waals surface area (Å²) in [7, 11) is 1.20. The maximum Gasteiger partial charge on any atom is 0.0430 e. The van der Waals surface area contributed by atoms with Crippen LogP contribution in [0.5, 0.6) is 0 Å². The Labute approximate surface area is 60.9 Å². The molecule has 0 aromatic heterocycles. The number of hydrogen-bond donors (Lipinski definition) is 1. The number of rotatable bonds is 2. The molecule has 2 heteroatoms. The van der Waals surface area contributed by atoms with Crippen molar-refractivity contribution in [3.8, 4) is 0 Å². The molecule has 0 spiro atoms. The molecule has 0 amide bonds. The fraction of sp³-hybridized carbons (Fsp3) is 1.00. The molecule has 0 radical (unpaired) electrons. The molecule has 9 heavy (non-hydrogen) atoms. The lowest BCUT2D eigenvalue weighted by Gasteiger charge is -2.26. The smallest absolute Gasteiger partial charge is 0.0430 e. The summed E-state index contributed by atoms with van der Waals surface area (Å²) in [6, 6.07) is 0. The van der Waals surface area contributed by atoms with Crippen molar-refractivity contribution in [1.82, 2.24) is 0 Å². The average molecular weight is 146 g/mol. The standard InChI is InChI=1S/C7H18OSi/c1-7(2,3)6(9)4-5-8/h6,8H,4-5H2,1-3,9H3. The molecule has 0 saturated carbocycles. The summed E-state index contributed by atoms with van der Waals surface area (Å²) in [6.45, 7) is 7.06. The molecule has 1 atom stereocenters. The van der Waals surface area contributed by atoms with Crippen LogP contribution in [0, 0.1) is 5.41 Å². The minimum atomic E-state index is 0.353. The minimum absolute atomic E-state index is 0.353. The van der Waals surface area contributed by atoms with Crippen LogP contribution in [0.1, 0.15) is 27.2 Å². The van der Waals surface area contributed by atoms with Crippen LogP contribution >= 0.6 is 0 Å². The Hall–Kier alpha value is 0.177. The Morgan fingerprint density at radius 2 is 1.89 bits per heavy atom. The molecule has 0 aliphatic rings. The molecule has 0 fully saturated rings. The van der Waals surface area contributed by atoms with Crippen molar-refractivity contribution in [3.63, 3.8) is 0 Å². The van der Waals surface area contributed by atoms with E-state index in [1.54, 1.807) is 0 Å². The van der Waals surface area contributed by atoms with Crippen molar-refractivity contribution in [2.24, 2.45) is 5.41 Å². The molecular weight excluding hydrogens is 128 g/mol. The molecule has 0 aromatic rings. The summed E-state index contributed by atoms with van der Waals surface area (Å²) < 4.78 is 0. The summed E-state index contributed by atoms with van der Waals surface area (Å²) in [4.78, 5) is 0. The van der Waals surface area contributed by atoms with E-state index in [1.165, 1.54) is 10.2 Å². The van der Waals surface area contributed by atoms with Gasteiger partial charge < -0.3 is 5.11 Å². The van der Waals surface area contributed by atoms with Gasteiger partial charge in [-0.25, -0.2) is 0 Å². The van der Waals surface area contributed by atoms with E-state index in [1.807, 2.05) is 0 Å². The normalized spacial score (nSPS) is 16.0. The van der Waals surface area contributed by atoms with Gasteiger partial charge in [-0.05, 0) is 17.4 Å². The molecule has 1 unspecified atom stereocenters. The lowest BCUT2D eigenvalue weighted by atomic mass is 9.90. The molecule has 0 aromatic carbocycles. The first-order chi connectivity index (χ1) is 3.98. The zero-order valence-electron chi connectivity index (χ0n) is 6.94. The van der Waals surface area contributed by atoms with Gasteiger partial charge in [0.1, 0.15) is 0 Å². The van der Waals surface area contributed by atoms with Gasteiger partial charge in [0.25, 0.3) is 0 Å². The maximum absolute atomic E-state index is 8.62. The quantitative estimate of drug-likeness (QED) is 0.565. The van der Waals surface area contributed by atoms with Crippen LogP contribution in [0.15, 0.2) is 0 Å². The van der Waals surface area contributed by atoms with Crippen molar-refractivity contribution in [1.29, 1.82) is 0 Å². The summed E-state index contributed by atoms with van der Waals surface area (Å²) in [5.41, 5.74) is 1.16. The van der Waals surface area contributed by atoms with Gasteiger partial charge in [0.2, 0.25) is 0 Å². The van der Waals surface area contributed by atoms with Crippen LogP contribution in [0.2, 0.25) is 5.54 Å². The Bertz CT molecular complexity index is 75.5. The summed E-state index contributed by atoms with van der Waals surface area (Å²) in [6.07, 6.45) is 0.982. The van der Waals surface area contributed by atoms with Crippen molar-refractivity contribution in [3.05, 3.63) is 0 Å². The zero-order chi connectivity index (χ0) is 7.49. The van der Waals surface area contributed by atoms with Crippen LogP contribution in [0.4, 0.5) is 0 Å². The van der Waals surface area contributed by atoms with Gasteiger partial charge in [-0.3, -0.25) is 0 Å². The third kappa shape index (κ3) is 3.70. The van der Waals surface area contributed by atoms with Gasteiger partial charge in [0, 0.05) is 16.8 Å². The highest BCUT2D eigenvalue weighted by Gasteiger charge is 2.18. The second-order valence-electron chi connectivity index (χ2n) is 3.78. The Kier molecular flexibility index (Phi) is 3.44. The second-order valence-corrected chi connectivity index (χ2v) is 5.17. The molecule has 0 saturated heterocycles. The second kappa shape index (κ2) is 3.37. The van der Waals surface area contributed by atoms with E-state index in [0.717, 1.165) is 12.0 Å². The predicted molar refractivity (Wildman–Crippen MR) is 44.8 cm³/mol. The molecule has 0 heterocycles. The molecule has 1 nitrogen and oxygen atoms in total. The van der Waals surface area contributed by atoms with E-state index in [4.69, 9.17) is 5.11 Å². The summed E-state index contributed by atoms with van der Waals surface area (Å²) in [5, 5.41) is 8.62. The number of aliphatic hydroxyl groups is 1. The Balaban J connectivity index is 3.59. The van der Waals surface area contributed by atoms with E-state index in [-0.39, 0.29) is 0 Å². The lowest BCUT2D eigenvalue weighted by molar-refractivity contribution is 0.252. The van der Waals surface area contributed by atoms with Gasteiger partial charge in [0.15, 0.2) is 0 Å². The topological polar surface area (TPSA) is 20.2 Å². The van der Waals surface area contributed by atoms with Crippen molar-refractivity contribution < 1.29 is 5.11 Å². The third-order valence-electron chi connectivity index (χ3n) is 2.04. The molecule has 0 bridgehead atoms. The molecule has 1 N–H and O–H groups in total. The highest BCUT2D eigenvalue weighted by molar-refractivity contribution is 6.12. The van der Waals surface area contributed by atoms with Crippen LogP contribution in [-0.4, -0.2) is 22.0 Å². The van der Waals surface area contributed by atoms with Crippen LogP contribution in [0.25, 0.3) is 0 Å². The zero-order valence-corrected chi connectivity index (χ0v) is 8.94. The molecule has 0 aliphatic heterocycles. The summed E-state index contributed by atoms with van der Waals surface area (Å²) >= 11 is 0. The van der Waals surface area contributed by atoms with Gasteiger partial charge in [-0.2, -0.15) is 0 Å². The van der Waals surface area contributed by atoms with Crippen molar-refractivity contribution in [2.45, 2.75) is 32.7 Å². The first kappa shape index (κ1) is 9.18. The molecule has 0 rings (SSSR count). The van der Waals surface area contributed by atoms with E-state index in [2.05, 4.69) is 20.8 Å². The van der Waals surface area contributed by atoms with Gasteiger partial charge in [0.05, 0.1) is 0 Å². The molecule has 0 aliphatic carbocycles. The fourth-order valence-electron chi connectivity index (χ4n) is 0.627. The number of aliphatic hydroxyl groups excluding tert-OH is 1. The van der Waals surface area contributed by atoms with Crippen LogP contribution in [-0.2, 0) is 0 Å². The average Bonchev–Trinajstić information content (AvgIpc) is 1.64. The first-order valence-corrected chi connectivity index (χ1v) is 4.75. The monoisotopic (exact) mass is 146 g/mol. The van der Waals surface area contributed by atoms with Gasteiger partial charge >= 0.3 is 0 Å². The van der Waals surface area contributed by atoms with Crippen molar-refractivity contribution in [2.75, 3.05) is 6.61 Å². The maximum atomic E-state index is 8.62. The van der Waals surface area contributed by atoms with E-state index in [9.17, 15) is 0 Å². The predicted octanol–water partition coefficient (Wildman–Crippen LogP) is 0.569. The fourth-order valence-corrected chi connectivity index (χ4v) is 0.885. The molecular formula is C7H18OSi. The van der Waals surface area contributed by atoms with E-state index >= 15 is 0 Å².